The molecule has 0 bridgehead atoms. The molecule has 0 aromatic carbocycles. The summed E-state index contributed by atoms with van der Waals surface area (Å²) in [5.74, 6) is 1.83. The molecule has 2 rings (SSSR count). The Balaban J connectivity index is 1.48. The first-order valence-electron chi connectivity index (χ1n) is 22.8. The molecule has 16 heteroatoms. The lowest BCUT2D eigenvalue weighted by molar-refractivity contribution is 0.0698. The van der Waals surface area contributed by atoms with Gasteiger partial charge in [-0.2, -0.15) is 0 Å². The van der Waals surface area contributed by atoms with Crippen molar-refractivity contribution in [1.82, 2.24) is 40.4 Å². The summed E-state index contributed by atoms with van der Waals surface area (Å²) in [5.41, 5.74) is 0. The number of unbranched alkanes of at least 4 members (excludes halogenated alkanes) is 18. The van der Waals surface area contributed by atoms with Gasteiger partial charge in [0.25, 0.3) is 0 Å². The van der Waals surface area contributed by atoms with Crippen LogP contribution in [0.4, 0.5) is 0 Å². The van der Waals surface area contributed by atoms with Crippen molar-refractivity contribution in [2.75, 3.05) is 39.6 Å². The van der Waals surface area contributed by atoms with Crippen LogP contribution in [0.3, 0.4) is 0 Å². The fourth-order valence-electron chi connectivity index (χ4n) is 7.41. The first-order valence-corrected chi connectivity index (χ1v) is 26.7. The number of aryl methyl sites for hydroxylation is 4. The molecular formula is C40H82N8O6Si2. The maximum absolute atomic E-state index is 5.98. The maximum atomic E-state index is 5.98. The minimum Gasteiger partial charge on any atom is -0.374 e. The van der Waals surface area contributed by atoms with Crippen molar-refractivity contribution in [2.45, 2.75) is 208 Å². The van der Waals surface area contributed by atoms with Crippen LogP contribution < -0.4 is 0 Å². The highest BCUT2D eigenvalue weighted by molar-refractivity contribution is 6.61. The van der Waals surface area contributed by atoms with E-state index in [4.69, 9.17) is 26.6 Å². The van der Waals surface area contributed by atoms with Crippen molar-refractivity contribution in [3.63, 3.8) is 0 Å². The summed E-state index contributed by atoms with van der Waals surface area (Å²) < 4.78 is 39.8. The summed E-state index contributed by atoms with van der Waals surface area (Å²) in [6, 6.07) is 1.86. The molecule has 2 aromatic heterocycles. The molecular weight excluding hydrogens is 745 g/mol. The quantitative estimate of drug-likeness (QED) is 0.0466. The first-order chi connectivity index (χ1) is 27.5. The van der Waals surface area contributed by atoms with Gasteiger partial charge in [0.1, 0.15) is 0 Å². The van der Waals surface area contributed by atoms with Crippen molar-refractivity contribution in [1.29, 1.82) is 0 Å². The van der Waals surface area contributed by atoms with E-state index in [0.717, 1.165) is 75.4 Å². The van der Waals surface area contributed by atoms with E-state index >= 15 is 0 Å². The van der Waals surface area contributed by atoms with Gasteiger partial charge in [-0.1, -0.05) is 103 Å². The van der Waals surface area contributed by atoms with Gasteiger partial charge in [0.2, 0.25) is 0 Å². The van der Waals surface area contributed by atoms with E-state index in [1.54, 1.807) is 0 Å². The molecule has 0 spiro atoms. The number of hydrogen-bond acceptors (Lipinski definition) is 12. The second-order valence-electron chi connectivity index (χ2n) is 14.7. The zero-order chi connectivity index (χ0) is 40.4. The Morgan fingerprint density at radius 3 is 0.875 bits per heavy atom. The van der Waals surface area contributed by atoms with E-state index in [0.29, 0.717) is 39.6 Å². The highest BCUT2D eigenvalue weighted by Gasteiger charge is 2.40. The fourth-order valence-corrected chi connectivity index (χ4v) is 12.8. The van der Waals surface area contributed by atoms with E-state index < -0.39 is 17.6 Å². The van der Waals surface area contributed by atoms with Gasteiger partial charge in [0.15, 0.2) is 11.6 Å². The number of tetrazole rings is 2. The maximum Gasteiger partial charge on any atom is 0.500 e. The predicted molar refractivity (Wildman–Crippen MR) is 226 cm³/mol. The van der Waals surface area contributed by atoms with E-state index in [-0.39, 0.29) is 0 Å². The average molecular weight is 827 g/mol. The average Bonchev–Trinajstić information content (AvgIpc) is 3.84. The Labute approximate surface area is 343 Å². The zero-order valence-electron chi connectivity index (χ0n) is 36.7. The van der Waals surface area contributed by atoms with Crippen LogP contribution in [-0.4, -0.2) is 97.7 Å². The van der Waals surface area contributed by atoms with Crippen molar-refractivity contribution in [3.05, 3.63) is 11.6 Å². The second-order valence-corrected chi connectivity index (χ2v) is 20.1. The van der Waals surface area contributed by atoms with Crippen LogP contribution in [0, 0.1) is 0 Å². The normalized spacial score (nSPS) is 12.3. The Hall–Kier alpha value is -1.67. The minimum atomic E-state index is -2.48. The Kier molecular flexibility index (Phi) is 29.9. The molecule has 0 aliphatic rings. The van der Waals surface area contributed by atoms with Crippen LogP contribution in [-0.2, 0) is 52.5 Å². The Morgan fingerprint density at radius 2 is 0.607 bits per heavy atom. The molecule has 0 N–H and O–H groups in total. The SMILES string of the molecule is CCO[Si](CCCCCCCCCCCCn1nnnc1CCc1nnnn1CCCCCCCCCCCC[Si](OCC)(OCC)OCC)(OCC)OCC. The van der Waals surface area contributed by atoms with Gasteiger partial charge < -0.3 is 26.6 Å². The summed E-state index contributed by atoms with van der Waals surface area (Å²) in [7, 11) is -4.96. The van der Waals surface area contributed by atoms with Crippen molar-refractivity contribution < 1.29 is 26.6 Å². The lowest BCUT2D eigenvalue weighted by Gasteiger charge is -2.28. The topological polar surface area (TPSA) is 143 Å². The van der Waals surface area contributed by atoms with Gasteiger partial charge in [-0.25, -0.2) is 9.36 Å². The van der Waals surface area contributed by atoms with E-state index in [9.17, 15) is 0 Å². The summed E-state index contributed by atoms with van der Waals surface area (Å²) in [5, 5.41) is 25.1. The molecule has 0 saturated carbocycles. The number of nitrogens with zero attached hydrogens (tertiary/aromatic N) is 8. The molecule has 2 heterocycles. The fraction of sp³-hybridized carbons (Fsp3) is 0.950. The van der Waals surface area contributed by atoms with Gasteiger partial charge in [-0.3, -0.25) is 0 Å². The molecule has 2 aromatic rings. The first kappa shape index (κ1) is 50.5. The molecule has 0 fully saturated rings. The monoisotopic (exact) mass is 827 g/mol. The molecule has 14 nitrogen and oxygen atoms in total. The highest BCUT2D eigenvalue weighted by atomic mass is 28.4. The van der Waals surface area contributed by atoms with Crippen molar-refractivity contribution >= 4 is 17.6 Å². The largest absolute Gasteiger partial charge is 0.500 e. The molecule has 0 radical (unpaired) electrons. The number of hydrogen-bond donors (Lipinski definition) is 0. The lowest BCUT2D eigenvalue weighted by Crippen LogP contribution is -2.45. The molecule has 0 atom stereocenters. The van der Waals surface area contributed by atoms with Crippen LogP contribution in [0.25, 0.3) is 0 Å². The van der Waals surface area contributed by atoms with Gasteiger partial charge in [-0.05, 0) is 88.1 Å². The summed E-state index contributed by atoms with van der Waals surface area (Å²) >= 11 is 0. The standard InChI is InChI=1S/C40H82N8O6Si2/c1-7-49-55(50-8-2,51-9-3)37-31-27-23-19-15-13-17-21-25-29-35-47-39(41-43-45-47)33-34-40-42-44-46-48(40)36-30-26-22-18-14-16-20-24-28-32-38-56(52-10-4,53-11-5)54-12-6/h7-38H2,1-6H3. The third kappa shape index (κ3) is 21.9. The number of aromatic nitrogens is 8. The van der Waals surface area contributed by atoms with Crippen molar-refractivity contribution in [2.24, 2.45) is 0 Å². The Bertz CT molecular complexity index is 1060. The van der Waals surface area contributed by atoms with Crippen LogP contribution >= 0.6 is 0 Å². The molecule has 0 unspecified atom stereocenters. The molecule has 326 valence electrons. The zero-order valence-corrected chi connectivity index (χ0v) is 38.7. The number of rotatable bonds is 41. The van der Waals surface area contributed by atoms with Crippen LogP contribution in [0.15, 0.2) is 0 Å². The smallest absolute Gasteiger partial charge is 0.374 e. The molecule has 0 aliphatic heterocycles. The lowest BCUT2D eigenvalue weighted by atomic mass is 10.1. The Morgan fingerprint density at radius 1 is 0.357 bits per heavy atom. The molecule has 0 saturated heterocycles. The van der Waals surface area contributed by atoms with Crippen LogP contribution in [0.2, 0.25) is 12.1 Å². The molecule has 56 heavy (non-hydrogen) atoms. The van der Waals surface area contributed by atoms with Gasteiger partial charge in [0.05, 0.1) is 0 Å². The highest BCUT2D eigenvalue weighted by Crippen LogP contribution is 2.22. The summed E-state index contributed by atoms with van der Waals surface area (Å²) in [6.07, 6.45) is 26.3. The second kappa shape index (κ2) is 33.2. The minimum absolute atomic E-state index is 0.653. The van der Waals surface area contributed by atoms with E-state index in [1.807, 2.05) is 50.9 Å². The van der Waals surface area contributed by atoms with Crippen molar-refractivity contribution in [3.8, 4) is 0 Å². The van der Waals surface area contributed by atoms with E-state index in [1.165, 1.54) is 103 Å². The van der Waals surface area contributed by atoms with Gasteiger partial charge in [-0.15, -0.1) is 10.2 Å². The summed E-state index contributed by atoms with van der Waals surface area (Å²) in [4.78, 5) is 0. The van der Waals surface area contributed by atoms with Gasteiger partial charge in [0, 0.05) is 77.7 Å². The molecule has 0 amide bonds. The molecule has 0 aliphatic carbocycles. The predicted octanol–water partition coefficient (Wildman–Crippen LogP) is 9.34. The summed E-state index contributed by atoms with van der Waals surface area (Å²) in [6.45, 7) is 17.8. The third-order valence-corrected chi connectivity index (χ3v) is 16.5. The van der Waals surface area contributed by atoms with Crippen LogP contribution in [0.5, 0.6) is 0 Å². The van der Waals surface area contributed by atoms with E-state index in [2.05, 4.69) is 31.1 Å². The van der Waals surface area contributed by atoms with Gasteiger partial charge >= 0.3 is 17.6 Å². The third-order valence-electron chi connectivity index (χ3n) is 10.2. The van der Waals surface area contributed by atoms with Crippen LogP contribution in [0.1, 0.15) is 182 Å².